The molecule has 1 N–H and O–H groups in total. The lowest BCUT2D eigenvalue weighted by Gasteiger charge is -2.04. The van der Waals surface area contributed by atoms with Gasteiger partial charge >= 0.3 is 5.97 Å². The van der Waals surface area contributed by atoms with Gasteiger partial charge in [0.05, 0.1) is 13.0 Å². The molecule has 0 fully saturated rings. The van der Waals surface area contributed by atoms with E-state index in [1.807, 2.05) is 0 Å². The Kier molecular flexibility index (Phi) is 7.89. The first-order valence-corrected chi connectivity index (χ1v) is 5.07. The molecular weight excluding hydrogens is 182 g/mol. The molecule has 1 amide bonds. The van der Waals surface area contributed by atoms with Crippen LogP contribution in [0.1, 0.15) is 39.5 Å². The third-order valence-corrected chi connectivity index (χ3v) is 1.71. The van der Waals surface area contributed by atoms with Crippen LogP contribution >= 0.6 is 0 Å². The SMILES string of the molecule is CCCCCOC(=O)CCNC(C)=O. The van der Waals surface area contributed by atoms with E-state index < -0.39 is 0 Å². The smallest absolute Gasteiger partial charge is 0.307 e. The van der Waals surface area contributed by atoms with Crippen LogP contribution in [0.3, 0.4) is 0 Å². The number of rotatable bonds is 7. The van der Waals surface area contributed by atoms with Crippen molar-refractivity contribution in [3.8, 4) is 0 Å². The fourth-order valence-electron chi connectivity index (χ4n) is 0.951. The van der Waals surface area contributed by atoms with Crippen LogP contribution in [0.4, 0.5) is 0 Å². The predicted octanol–water partition coefficient (Wildman–Crippen LogP) is 1.25. The van der Waals surface area contributed by atoms with E-state index in [9.17, 15) is 9.59 Å². The molecule has 0 bridgehead atoms. The Balaban J connectivity index is 3.24. The standard InChI is InChI=1S/C10H19NO3/c1-3-4-5-8-14-10(13)6-7-11-9(2)12/h3-8H2,1-2H3,(H,11,12). The van der Waals surface area contributed by atoms with Crippen LogP contribution < -0.4 is 5.32 Å². The van der Waals surface area contributed by atoms with Gasteiger partial charge in [0.2, 0.25) is 5.91 Å². The Hall–Kier alpha value is -1.06. The van der Waals surface area contributed by atoms with E-state index in [4.69, 9.17) is 4.74 Å². The number of esters is 1. The average molecular weight is 201 g/mol. The van der Waals surface area contributed by atoms with Gasteiger partial charge in [-0.15, -0.1) is 0 Å². The molecular formula is C10H19NO3. The monoisotopic (exact) mass is 201 g/mol. The Bertz CT molecular complexity index is 180. The summed E-state index contributed by atoms with van der Waals surface area (Å²) in [6, 6.07) is 0. The molecule has 0 saturated carbocycles. The molecule has 4 heteroatoms. The first-order chi connectivity index (χ1) is 6.66. The molecule has 0 radical (unpaired) electrons. The Labute approximate surface area is 85.0 Å². The third kappa shape index (κ3) is 9.03. The van der Waals surface area contributed by atoms with Crippen LogP contribution in [0.25, 0.3) is 0 Å². The fourth-order valence-corrected chi connectivity index (χ4v) is 0.951. The van der Waals surface area contributed by atoms with Gasteiger partial charge in [-0.05, 0) is 6.42 Å². The van der Waals surface area contributed by atoms with Crippen molar-refractivity contribution in [3.63, 3.8) is 0 Å². The van der Waals surface area contributed by atoms with E-state index in [1.54, 1.807) is 0 Å². The largest absolute Gasteiger partial charge is 0.466 e. The van der Waals surface area contributed by atoms with Crippen LogP contribution in [0.15, 0.2) is 0 Å². The van der Waals surface area contributed by atoms with E-state index in [0.29, 0.717) is 13.2 Å². The van der Waals surface area contributed by atoms with E-state index in [0.717, 1.165) is 19.3 Å². The molecule has 0 aliphatic heterocycles. The molecule has 14 heavy (non-hydrogen) atoms. The number of hydrogen-bond donors (Lipinski definition) is 1. The van der Waals surface area contributed by atoms with E-state index in [-0.39, 0.29) is 18.3 Å². The summed E-state index contributed by atoms with van der Waals surface area (Å²) in [5.41, 5.74) is 0. The summed E-state index contributed by atoms with van der Waals surface area (Å²) in [4.78, 5) is 21.5. The molecule has 82 valence electrons. The number of unbranched alkanes of at least 4 members (excludes halogenated alkanes) is 2. The topological polar surface area (TPSA) is 55.4 Å². The van der Waals surface area contributed by atoms with Crippen LogP contribution in [0.5, 0.6) is 0 Å². The van der Waals surface area contributed by atoms with Gasteiger partial charge in [0.1, 0.15) is 0 Å². The molecule has 0 aromatic heterocycles. The lowest BCUT2D eigenvalue weighted by Crippen LogP contribution is -2.23. The molecule has 0 aromatic rings. The summed E-state index contributed by atoms with van der Waals surface area (Å²) < 4.78 is 4.94. The fraction of sp³-hybridized carbons (Fsp3) is 0.800. The number of carbonyl (C=O) groups excluding carboxylic acids is 2. The minimum atomic E-state index is -0.241. The zero-order valence-electron chi connectivity index (χ0n) is 8.97. The zero-order chi connectivity index (χ0) is 10.8. The third-order valence-electron chi connectivity index (χ3n) is 1.71. The minimum Gasteiger partial charge on any atom is -0.466 e. The van der Waals surface area contributed by atoms with Gasteiger partial charge in [-0.2, -0.15) is 0 Å². The normalized spacial score (nSPS) is 9.57. The second kappa shape index (κ2) is 8.53. The van der Waals surface area contributed by atoms with Gasteiger partial charge in [0.25, 0.3) is 0 Å². The van der Waals surface area contributed by atoms with Gasteiger partial charge < -0.3 is 10.1 Å². The van der Waals surface area contributed by atoms with Crippen molar-refractivity contribution in [2.24, 2.45) is 0 Å². The van der Waals surface area contributed by atoms with Crippen molar-refractivity contribution < 1.29 is 14.3 Å². The molecule has 0 aromatic carbocycles. The number of carbonyl (C=O) groups is 2. The second-order valence-electron chi connectivity index (χ2n) is 3.16. The number of ether oxygens (including phenoxy) is 1. The van der Waals surface area contributed by atoms with E-state index in [1.165, 1.54) is 6.92 Å². The van der Waals surface area contributed by atoms with Crippen LogP contribution in [-0.4, -0.2) is 25.0 Å². The van der Waals surface area contributed by atoms with Gasteiger partial charge in [-0.3, -0.25) is 9.59 Å². The lowest BCUT2D eigenvalue weighted by atomic mass is 10.3. The zero-order valence-corrected chi connectivity index (χ0v) is 8.97. The van der Waals surface area contributed by atoms with Crippen molar-refractivity contribution in [1.82, 2.24) is 5.32 Å². The summed E-state index contributed by atoms with van der Waals surface area (Å²) >= 11 is 0. The maximum absolute atomic E-state index is 11.0. The summed E-state index contributed by atoms with van der Waals surface area (Å²) in [7, 11) is 0. The average Bonchev–Trinajstić information content (AvgIpc) is 2.12. The Morgan fingerprint density at radius 1 is 1.29 bits per heavy atom. The van der Waals surface area contributed by atoms with Crippen molar-refractivity contribution in [2.75, 3.05) is 13.2 Å². The highest BCUT2D eigenvalue weighted by Gasteiger charge is 2.02. The van der Waals surface area contributed by atoms with Crippen molar-refractivity contribution in [3.05, 3.63) is 0 Å². The number of amides is 1. The molecule has 0 rings (SSSR count). The molecule has 0 saturated heterocycles. The summed E-state index contributed by atoms with van der Waals surface area (Å²) in [6.45, 7) is 4.37. The van der Waals surface area contributed by atoms with Crippen molar-refractivity contribution >= 4 is 11.9 Å². The lowest BCUT2D eigenvalue weighted by molar-refractivity contribution is -0.143. The van der Waals surface area contributed by atoms with Crippen molar-refractivity contribution in [2.45, 2.75) is 39.5 Å². The van der Waals surface area contributed by atoms with Crippen LogP contribution in [0.2, 0.25) is 0 Å². The highest BCUT2D eigenvalue weighted by atomic mass is 16.5. The molecule has 0 aliphatic carbocycles. The molecule has 0 heterocycles. The summed E-state index contributed by atoms with van der Waals surface area (Å²) in [5.74, 6) is -0.362. The Morgan fingerprint density at radius 2 is 2.00 bits per heavy atom. The highest BCUT2D eigenvalue weighted by molar-refractivity contribution is 5.74. The van der Waals surface area contributed by atoms with Crippen molar-refractivity contribution in [1.29, 1.82) is 0 Å². The molecule has 4 nitrogen and oxygen atoms in total. The number of nitrogens with one attached hydrogen (secondary N) is 1. The van der Waals surface area contributed by atoms with E-state index >= 15 is 0 Å². The quantitative estimate of drug-likeness (QED) is 0.498. The van der Waals surface area contributed by atoms with Crippen LogP contribution in [-0.2, 0) is 14.3 Å². The summed E-state index contributed by atoms with van der Waals surface area (Å²) in [5, 5.41) is 2.54. The Morgan fingerprint density at radius 3 is 2.57 bits per heavy atom. The predicted molar refractivity (Wildman–Crippen MR) is 53.8 cm³/mol. The van der Waals surface area contributed by atoms with Gasteiger partial charge in [0.15, 0.2) is 0 Å². The second-order valence-corrected chi connectivity index (χ2v) is 3.16. The molecule has 0 atom stereocenters. The van der Waals surface area contributed by atoms with Crippen LogP contribution in [0, 0.1) is 0 Å². The van der Waals surface area contributed by atoms with E-state index in [2.05, 4.69) is 12.2 Å². The minimum absolute atomic E-state index is 0.121. The molecule has 0 unspecified atom stereocenters. The maximum atomic E-state index is 11.0. The van der Waals surface area contributed by atoms with Gasteiger partial charge in [-0.25, -0.2) is 0 Å². The maximum Gasteiger partial charge on any atom is 0.307 e. The first kappa shape index (κ1) is 12.9. The molecule has 0 spiro atoms. The highest BCUT2D eigenvalue weighted by Crippen LogP contribution is 1.95. The summed E-state index contributed by atoms with van der Waals surface area (Å²) in [6.07, 6.45) is 3.37. The van der Waals surface area contributed by atoms with Gasteiger partial charge in [0, 0.05) is 13.5 Å². The first-order valence-electron chi connectivity index (χ1n) is 5.07. The molecule has 0 aliphatic rings. The van der Waals surface area contributed by atoms with Gasteiger partial charge in [-0.1, -0.05) is 19.8 Å². The number of hydrogen-bond acceptors (Lipinski definition) is 3.